The maximum absolute atomic E-state index is 12.8. The molecule has 0 aliphatic heterocycles. The maximum atomic E-state index is 12.8. The monoisotopic (exact) mass is 243 g/mol. The molecule has 86 valence electrons. The summed E-state index contributed by atoms with van der Waals surface area (Å²) < 4.78 is 12.8. The van der Waals surface area contributed by atoms with Gasteiger partial charge < -0.3 is 5.32 Å². The summed E-state index contributed by atoms with van der Waals surface area (Å²) in [5, 5.41) is 2.35. The zero-order valence-corrected chi connectivity index (χ0v) is 9.64. The van der Waals surface area contributed by atoms with E-state index in [0.29, 0.717) is 0 Å². The quantitative estimate of drug-likeness (QED) is 0.885. The van der Waals surface area contributed by atoms with Crippen LogP contribution in [0.4, 0.5) is 4.39 Å². The molecule has 0 radical (unpaired) electrons. The lowest BCUT2D eigenvalue weighted by Crippen LogP contribution is -2.37. The third-order valence-electron chi connectivity index (χ3n) is 2.14. The van der Waals surface area contributed by atoms with Crippen LogP contribution in [0.5, 0.6) is 0 Å². The van der Waals surface area contributed by atoms with Crippen molar-refractivity contribution < 1.29 is 14.0 Å². The van der Waals surface area contributed by atoms with E-state index in [1.54, 1.807) is 6.92 Å². The molecule has 1 aromatic rings. The average Bonchev–Trinajstić information content (AvgIpc) is 2.21. The molecular weight excluding hydrogens is 233 g/mol. The number of halogens is 2. The average molecular weight is 244 g/mol. The maximum Gasteiger partial charge on any atom is 0.251 e. The number of amides is 1. The van der Waals surface area contributed by atoms with Gasteiger partial charge in [0.25, 0.3) is 5.91 Å². The summed E-state index contributed by atoms with van der Waals surface area (Å²) in [6.07, 6.45) is 0. The highest BCUT2D eigenvalue weighted by atomic mass is 35.5. The second-order valence-electron chi connectivity index (χ2n) is 3.43. The molecule has 3 nitrogen and oxygen atoms in total. The number of rotatable bonds is 3. The summed E-state index contributed by atoms with van der Waals surface area (Å²) in [5.41, 5.74) is 0.222. The van der Waals surface area contributed by atoms with E-state index in [0.717, 1.165) is 6.07 Å². The van der Waals surface area contributed by atoms with Gasteiger partial charge in [-0.3, -0.25) is 9.59 Å². The first-order valence-electron chi connectivity index (χ1n) is 4.68. The van der Waals surface area contributed by atoms with Crippen LogP contribution in [0.2, 0.25) is 5.02 Å². The van der Waals surface area contributed by atoms with Gasteiger partial charge in [-0.15, -0.1) is 0 Å². The molecule has 1 unspecified atom stereocenters. The van der Waals surface area contributed by atoms with Crippen molar-refractivity contribution in [1.82, 2.24) is 5.32 Å². The Morgan fingerprint density at radius 3 is 2.56 bits per heavy atom. The molecule has 0 aliphatic rings. The summed E-state index contributed by atoms with van der Waals surface area (Å²) in [5.74, 6) is -1.19. The minimum absolute atomic E-state index is 0.122. The Morgan fingerprint density at radius 1 is 1.44 bits per heavy atom. The molecule has 16 heavy (non-hydrogen) atoms. The number of carbonyl (C=O) groups excluding carboxylic acids is 2. The largest absolute Gasteiger partial charge is 0.343 e. The first-order chi connectivity index (χ1) is 7.41. The van der Waals surface area contributed by atoms with Gasteiger partial charge in [0.2, 0.25) is 0 Å². The lowest BCUT2D eigenvalue weighted by atomic mass is 10.1. The number of ketones is 1. The molecule has 1 rings (SSSR count). The predicted molar refractivity (Wildman–Crippen MR) is 59.0 cm³/mol. The second-order valence-corrected chi connectivity index (χ2v) is 3.84. The van der Waals surface area contributed by atoms with Crippen molar-refractivity contribution in [3.63, 3.8) is 0 Å². The van der Waals surface area contributed by atoms with Crippen LogP contribution in [0, 0.1) is 5.82 Å². The van der Waals surface area contributed by atoms with E-state index in [1.807, 2.05) is 0 Å². The van der Waals surface area contributed by atoms with Crippen LogP contribution in [0.1, 0.15) is 24.2 Å². The van der Waals surface area contributed by atoms with Crippen molar-refractivity contribution in [2.75, 3.05) is 0 Å². The minimum atomic E-state index is -0.585. The molecule has 1 aromatic carbocycles. The van der Waals surface area contributed by atoms with E-state index in [4.69, 9.17) is 11.6 Å². The van der Waals surface area contributed by atoms with Gasteiger partial charge in [0.1, 0.15) is 5.82 Å². The number of carbonyl (C=O) groups is 2. The van der Waals surface area contributed by atoms with Crippen molar-refractivity contribution >= 4 is 23.3 Å². The van der Waals surface area contributed by atoms with Gasteiger partial charge in [-0.1, -0.05) is 11.6 Å². The second kappa shape index (κ2) is 5.07. The molecule has 0 saturated carbocycles. The Kier molecular flexibility index (Phi) is 4.01. The highest BCUT2D eigenvalue weighted by Crippen LogP contribution is 2.15. The fourth-order valence-corrected chi connectivity index (χ4v) is 1.20. The molecule has 0 aliphatic carbocycles. The number of hydrogen-bond donors (Lipinski definition) is 1. The SMILES string of the molecule is CC(=O)C(C)NC(=O)c1ccc(F)c(Cl)c1. The Hall–Kier alpha value is -1.42. The Labute approximate surface area is 97.6 Å². The van der Waals surface area contributed by atoms with Crippen molar-refractivity contribution in [3.05, 3.63) is 34.6 Å². The molecule has 1 amide bonds. The fourth-order valence-electron chi connectivity index (χ4n) is 1.02. The first kappa shape index (κ1) is 12.6. The fraction of sp³-hybridized carbons (Fsp3) is 0.273. The van der Waals surface area contributed by atoms with Gasteiger partial charge in [0, 0.05) is 5.56 Å². The topological polar surface area (TPSA) is 46.2 Å². The third kappa shape index (κ3) is 3.03. The number of nitrogens with one attached hydrogen (secondary N) is 1. The van der Waals surface area contributed by atoms with E-state index in [1.165, 1.54) is 19.1 Å². The van der Waals surface area contributed by atoms with Crippen LogP contribution in [0.25, 0.3) is 0 Å². The Balaban J connectivity index is 2.81. The zero-order valence-electron chi connectivity index (χ0n) is 8.88. The van der Waals surface area contributed by atoms with Crippen LogP contribution >= 0.6 is 11.6 Å². The predicted octanol–water partition coefficient (Wildman–Crippen LogP) is 2.19. The summed E-state index contributed by atoms with van der Waals surface area (Å²) in [7, 11) is 0. The molecule has 0 spiro atoms. The molecule has 0 fully saturated rings. The van der Waals surface area contributed by atoms with Gasteiger partial charge in [-0.25, -0.2) is 4.39 Å². The van der Waals surface area contributed by atoms with Gasteiger partial charge in [-0.2, -0.15) is 0 Å². The molecule has 1 atom stereocenters. The van der Waals surface area contributed by atoms with Gasteiger partial charge in [0.15, 0.2) is 5.78 Å². The number of Topliss-reactive ketones (excluding diaryl/α,β-unsaturated/α-hetero) is 1. The van der Waals surface area contributed by atoms with Gasteiger partial charge >= 0.3 is 0 Å². The highest BCUT2D eigenvalue weighted by Gasteiger charge is 2.13. The van der Waals surface area contributed by atoms with E-state index in [-0.39, 0.29) is 16.4 Å². The van der Waals surface area contributed by atoms with E-state index in [2.05, 4.69) is 5.32 Å². The molecule has 0 heterocycles. The van der Waals surface area contributed by atoms with E-state index < -0.39 is 17.8 Å². The molecule has 5 heteroatoms. The van der Waals surface area contributed by atoms with E-state index in [9.17, 15) is 14.0 Å². The lowest BCUT2D eigenvalue weighted by Gasteiger charge is -2.10. The molecule has 0 aromatic heterocycles. The summed E-state index contributed by atoms with van der Waals surface area (Å²) >= 11 is 5.54. The Morgan fingerprint density at radius 2 is 2.06 bits per heavy atom. The minimum Gasteiger partial charge on any atom is -0.343 e. The van der Waals surface area contributed by atoms with Crippen LogP contribution < -0.4 is 5.32 Å². The normalized spacial score (nSPS) is 12.0. The van der Waals surface area contributed by atoms with Crippen LogP contribution in [-0.2, 0) is 4.79 Å². The van der Waals surface area contributed by atoms with E-state index >= 15 is 0 Å². The number of benzene rings is 1. The summed E-state index contributed by atoms with van der Waals surface area (Å²) in [4.78, 5) is 22.5. The van der Waals surface area contributed by atoms with Gasteiger partial charge in [0.05, 0.1) is 11.1 Å². The Bertz CT molecular complexity index is 434. The van der Waals surface area contributed by atoms with Gasteiger partial charge in [-0.05, 0) is 32.0 Å². The van der Waals surface area contributed by atoms with Crippen molar-refractivity contribution in [1.29, 1.82) is 0 Å². The number of hydrogen-bond acceptors (Lipinski definition) is 2. The summed E-state index contributed by atoms with van der Waals surface area (Å²) in [6.45, 7) is 2.95. The smallest absolute Gasteiger partial charge is 0.251 e. The summed E-state index contributed by atoms with van der Waals surface area (Å²) in [6, 6.07) is 3.06. The van der Waals surface area contributed by atoms with Crippen molar-refractivity contribution in [2.24, 2.45) is 0 Å². The molecule has 0 bridgehead atoms. The molecular formula is C11H11ClFNO2. The van der Waals surface area contributed by atoms with Crippen LogP contribution in [0.3, 0.4) is 0 Å². The molecule has 0 saturated heterocycles. The van der Waals surface area contributed by atoms with Crippen LogP contribution in [0.15, 0.2) is 18.2 Å². The third-order valence-corrected chi connectivity index (χ3v) is 2.43. The lowest BCUT2D eigenvalue weighted by molar-refractivity contribution is -0.118. The first-order valence-corrected chi connectivity index (χ1v) is 5.06. The zero-order chi connectivity index (χ0) is 12.3. The standard InChI is InChI=1S/C11H11ClFNO2/c1-6(7(2)15)14-11(16)8-3-4-10(13)9(12)5-8/h3-6H,1-2H3,(H,14,16). The van der Waals surface area contributed by atoms with Crippen molar-refractivity contribution in [2.45, 2.75) is 19.9 Å². The highest BCUT2D eigenvalue weighted by molar-refractivity contribution is 6.31. The van der Waals surface area contributed by atoms with Crippen molar-refractivity contribution in [3.8, 4) is 0 Å². The van der Waals surface area contributed by atoms with Crippen LogP contribution in [-0.4, -0.2) is 17.7 Å². The molecule has 1 N–H and O–H groups in total.